The fourth-order valence-electron chi connectivity index (χ4n) is 5.19. The number of benzene rings is 6. The molecular formula is C33H26BrP. The molecule has 6 aromatic carbocycles. The number of fused-ring (bicyclic) bond motifs is 2. The van der Waals surface area contributed by atoms with Crippen molar-refractivity contribution in [3.05, 3.63) is 151 Å². The monoisotopic (exact) mass is 532 g/mol. The minimum Gasteiger partial charge on any atom is -1.00 e. The number of rotatable bonds is 5. The molecular weight excluding hydrogens is 507 g/mol. The molecule has 0 aliphatic carbocycles. The smallest absolute Gasteiger partial charge is 0.116 e. The molecule has 0 fully saturated rings. The number of hydrogen-bond donors (Lipinski definition) is 0. The van der Waals surface area contributed by atoms with E-state index in [0.29, 0.717) is 0 Å². The first-order valence-corrected chi connectivity index (χ1v) is 13.8. The van der Waals surface area contributed by atoms with Gasteiger partial charge in [0.05, 0.1) is 6.16 Å². The molecule has 170 valence electrons. The summed E-state index contributed by atoms with van der Waals surface area (Å²) in [6.07, 6.45) is 0.987. The molecule has 0 bridgehead atoms. The van der Waals surface area contributed by atoms with Gasteiger partial charge in [-0.05, 0) is 75.6 Å². The zero-order valence-electron chi connectivity index (χ0n) is 19.4. The Labute approximate surface area is 218 Å². The van der Waals surface area contributed by atoms with E-state index in [1.165, 1.54) is 43.0 Å². The minimum atomic E-state index is -1.94. The highest BCUT2D eigenvalue weighted by atomic mass is 79.9. The predicted octanol–water partition coefficient (Wildman–Crippen LogP) is 4.49. The van der Waals surface area contributed by atoms with Crippen LogP contribution >= 0.6 is 7.26 Å². The molecule has 0 heterocycles. The van der Waals surface area contributed by atoms with E-state index in [0.717, 1.165) is 6.16 Å². The van der Waals surface area contributed by atoms with Gasteiger partial charge < -0.3 is 17.0 Å². The maximum atomic E-state index is 2.38. The molecule has 0 radical (unpaired) electrons. The second-order valence-corrected chi connectivity index (χ2v) is 12.3. The normalized spacial score (nSPS) is 11.3. The van der Waals surface area contributed by atoms with Crippen LogP contribution in [0.15, 0.2) is 146 Å². The van der Waals surface area contributed by atoms with E-state index in [9.17, 15) is 0 Å². The van der Waals surface area contributed by atoms with Crippen molar-refractivity contribution in [3.8, 4) is 0 Å². The second-order valence-electron chi connectivity index (χ2n) is 8.81. The summed E-state index contributed by atoms with van der Waals surface area (Å²) in [4.78, 5) is 0. The van der Waals surface area contributed by atoms with Crippen molar-refractivity contribution in [3.63, 3.8) is 0 Å². The summed E-state index contributed by atoms with van der Waals surface area (Å²) in [6, 6.07) is 53.7. The maximum absolute atomic E-state index is 2.38. The quantitative estimate of drug-likeness (QED) is 0.226. The lowest BCUT2D eigenvalue weighted by atomic mass is 10.0. The fraction of sp³-hybridized carbons (Fsp3) is 0.0303. The molecule has 0 aliphatic rings. The highest BCUT2D eigenvalue weighted by Gasteiger charge is 2.45. The molecule has 0 unspecified atom stereocenters. The van der Waals surface area contributed by atoms with Crippen molar-refractivity contribution >= 4 is 44.7 Å². The summed E-state index contributed by atoms with van der Waals surface area (Å²) in [6.45, 7) is 0. The molecule has 0 amide bonds. The Balaban J connectivity index is 0.00000253. The molecule has 6 aromatic rings. The van der Waals surface area contributed by atoms with Gasteiger partial charge in [0.1, 0.15) is 23.2 Å². The van der Waals surface area contributed by atoms with Crippen LogP contribution in [0.3, 0.4) is 0 Å². The van der Waals surface area contributed by atoms with Crippen LogP contribution in [0.2, 0.25) is 0 Å². The molecule has 0 aliphatic heterocycles. The standard InChI is InChI=1S/C33H26P.BrH/c1-4-17-30(18-5-1)34(31-19-6-2-7-20-31,32-21-8-3-9-22-32)25-29-16-12-15-28-23-26-13-10-11-14-27(26)24-33(28)29;/h1-24H,25H2;1H/q+1;/p-1. The van der Waals surface area contributed by atoms with Crippen molar-refractivity contribution in [1.29, 1.82) is 0 Å². The summed E-state index contributed by atoms with van der Waals surface area (Å²) in [5.41, 5.74) is 1.41. The first-order chi connectivity index (χ1) is 16.8. The highest BCUT2D eigenvalue weighted by Crippen LogP contribution is 2.58. The van der Waals surface area contributed by atoms with E-state index < -0.39 is 7.26 Å². The van der Waals surface area contributed by atoms with Crippen molar-refractivity contribution in [2.75, 3.05) is 0 Å². The van der Waals surface area contributed by atoms with Crippen LogP contribution in [0.5, 0.6) is 0 Å². The molecule has 0 nitrogen and oxygen atoms in total. The summed E-state index contributed by atoms with van der Waals surface area (Å²) < 4.78 is 0. The Morgan fingerprint density at radius 3 is 1.34 bits per heavy atom. The van der Waals surface area contributed by atoms with Gasteiger partial charge in [0, 0.05) is 0 Å². The van der Waals surface area contributed by atoms with Gasteiger partial charge in [0.2, 0.25) is 0 Å². The summed E-state index contributed by atoms with van der Waals surface area (Å²) in [5.74, 6) is 0. The molecule has 6 rings (SSSR count). The van der Waals surface area contributed by atoms with Crippen LogP contribution in [0.4, 0.5) is 0 Å². The molecule has 2 heteroatoms. The van der Waals surface area contributed by atoms with Crippen LogP contribution in [-0.2, 0) is 6.16 Å². The topological polar surface area (TPSA) is 0 Å². The third kappa shape index (κ3) is 4.31. The van der Waals surface area contributed by atoms with Crippen molar-refractivity contribution in [1.82, 2.24) is 0 Å². The SMILES string of the molecule is [Br-].c1ccc([P+](Cc2cccc3cc4ccccc4cc23)(c2ccccc2)c2ccccc2)cc1. The van der Waals surface area contributed by atoms with E-state index in [2.05, 4.69) is 146 Å². The molecule has 0 spiro atoms. The van der Waals surface area contributed by atoms with Gasteiger partial charge in [-0.15, -0.1) is 0 Å². The Morgan fingerprint density at radius 1 is 0.400 bits per heavy atom. The third-order valence-corrected chi connectivity index (χ3v) is 11.2. The molecule has 0 aromatic heterocycles. The maximum Gasteiger partial charge on any atom is 0.116 e. The Morgan fingerprint density at radius 2 is 0.829 bits per heavy atom. The van der Waals surface area contributed by atoms with Gasteiger partial charge in [-0.3, -0.25) is 0 Å². The first-order valence-electron chi connectivity index (χ1n) is 11.8. The van der Waals surface area contributed by atoms with Gasteiger partial charge in [0.15, 0.2) is 0 Å². The number of halogens is 1. The van der Waals surface area contributed by atoms with E-state index in [1.54, 1.807) is 0 Å². The second kappa shape index (κ2) is 10.2. The molecule has 35 heavy (non-hydrogen) atoms. The van der Waals surface area contributed by atoms with Crippen LogP contribution in [0, 0.1) is 0 Å². The van der Waals surface area contributed by atoms with Crippen molar-refractivity contribution in [2.45, 2.75) is 6.16 Å². The third-order valence-electron chi connectivity index (χ3n) is 6.84. The average molecular weight is 533 g/mol. The van der Waals surface area contributed by atoms with Gasteiger partial charge in [-0.2, -0.15) is 0 Å². The Hall–Kier alpha value is -3.25. The molecule has 0 saturated carbocycles. The summed E-state index contributed by atoms with van der Waals surface area (Å²) >= 11 is 0. The van der Waals surface area contributed by atoms with Crippen LogP contribution < -0.4 is 32.9 Å². The first kappa shape index (κ1) is 23.5. The highest BCUT2D eigenvalue weighted by molar-refractivity contribution is 7.95. The van der Waals surface area contributed by atoms with Gasteiger partial charge in [-0.1, -0.05) is 97.1 Å². The van der Waals surface area contributed by atoms with Crippen LogP contribution in [0.1, 0.15) is 5.56 Å². The lowest BCUT2D eigenvalue weighted by Crippen LogP contribution is -3.00. The summed E-state index contributed by atoms with van der Waals surface area (Å²) in [7, 11) is -1.94. The summed E-state index contributed by atoms with van der Waals surface area (Å²) in [5, 5.41) is 9.52. The largest absolute Gasteiger partial charge is 1.00 e. The van der Waals surface area contributed by atoms with Gasteiger partial charge >= 0.3 is 0 Å². The number of hydrogen-bond acceptors (Lipinski definition) is 0. The molecule has 0 atom stereocenters. The zero-order valence-corrected chi connectivity index (χ0v) is 21.9. The van der Waals surface area contributed by atoms with E-state index >= 15 is 0 Å². The molecule has 0 N–H and O–H groups in total. The molecule has 0 saturated heterocycles. The fourth-order valence-corrected chi connectivity index (χ4v) is 9.47. The lowest BCUT2D eigenvalue weighted by molar-refractivity contribution is -0.00000643. The van der Waals surface area contributed by atoms with E-state index in [-0.39, 0.29) is 17.0 Å². The van der Waals surface area contributed by atoms with E-state index in [1.807, 2.05) is 0 Å². The van der Waals surface area contributed by atoms with Gasteiger partial charge in [-0.25, -0.2) is 0 Å². The van der Waals surface area contributed by atoms with Crippen molar-refractivity contribution < 1.29 is 17.0 Å². The zero-order chi connectivity index (χ0) is 22.8. The minimum absolute atomic E-state index is 0. The average Bonchev–Trinajstić information content (AvgIpc) is 2.92. The lowest BCUT2D eigenvalue weighted by Gasteiger charge is -2.28. The van der Waals surface area contributed by atoms with Crippen LogP contribution in [0.25, 0.3) is 21.5 Å². The Bertz CT molecular complexity index is 1460. The van der Waals surface area contributed by atoms with Crippen molar-refractivity contribution in [2.24, 2.45) is 0 Å². The van der Waals surface area contributed by atoms with E-state index in [4.69, 9.17) is 0 Å². The predicted molar refractivity (Wildman–Crippen MR) is 150 cm³/mol. The van der Waals surface area contributed by atoms with Crippen LogP contribution in [-0.4, -0.2) is 0 Å². The Kier molecular flexibility index (Phi) is 6.82. The van der Waals surface area contributed by atoms with Gasteiger partial charge in [0.25, 0.3) is 0 Å².